The van der Waals surface area contributed by atoms with Gasteiger partial charge in [-0.2, -0.15) is 0 Å². The lowest BCUT2D eigenvalue weighted by Gasteiger charge is -2.15. The normalized spacial score (nSPS) is 11.9. The average molecular weight is 486 g/mol. The Bertz CT molecular complexity index is 1040. The van der Waals surface area contributed by atoms with Crippen molar-refractivity contribution in [2.45, 2.75) is 31.7 Å². The Balaban J connectivity index is 1.65. The topological polar surface area (TPSA) is 69.0 Å². The molecule has 2 aromatic carbocycles. The molecule has 0 saturated carbocycles. The fraction of sp³-hybridized carbons (Fsp3) is 0.250. The van der Waals surface area contributed by atoms with Crippen LogP contribution in [0.5, 0.6) is 5.75 Å². The first kappa shape index (κ1) is 22.7. The van der Waals surface area contributed by atoms with Gasteiger partial charge in [0.2, 0.25) is 5.91 Å². The Morgan fingerprint density at radius 2 is 1.97 bits per heavy atom. The SMILES string of the molecule is CCn1c(SCC(=O)Nc2cccc(Cl)c2Cl)nnc1C(C)Oc1cccc(Cl)c1. The van der Waals surface area contributed by atoms with Gasteiger partial charge in [-0.3, -0.25) is 4.79 Å². The molecule has 0 fully saturated rings. The lowest BCUT2D eigenvalue weighted by molar-refractivity contribution is -0.113. The van der Waals surface area contributed by atoms with Crippen molar-refractivity contribution < 1.29 is 9.53 Å². The molecule has 158 valence electrons. The van der Waals surface area contributed by atoms with E-state index in [-0.39, 0.29) is 17.8 Å². The lowest BCUT2D eigenvalue weighted by Crippen LogP contribution is -2.15. The van der Waals surface area contributed by atoms with Gasteiger partial charge in [0.1, 0.15) is 5.75 Å². The molecule has 0 bridgehead atoms. The highest BCUT2D eigenvalue weighted by molar-refractivity contribution is 7.99. The molecule has 0 aliphatic heterocycles. The maximum Gasteiger partial charge on any atom is 0.234 e. The van der Waals surface area contributed by atoms with Crippen LogP contribution in [0.3, 0.4) is 0 Å². The number of benzene rings is 2. The maximum absolute atomic E-state index is 12.3. The highest BCUT2D eigenvalue weighted by atomic mass is 35.5. The fourth-order valence-corrected chi connectivity index (χ4v) is 4.06. The Kier molecular flexibility index (Phi) is 7.88. The van der Waals surface area contributed by atoms with Gasteiger partial charge in [0.15, 0.2) is 17.1 Å². The van der Waals surface area contributed by atoms with Crippen molar-refractivity contribution in [3.05, 3.63) is 63.4 Å². The number of amides is 1. The molecule has 30 heavy (non-hydrogen) atoms. The monoisotopic (exact) mass is 484 g/mol. The first-order valence-electron chi connectivity index (χ1n) is 9.11. The van der Waals surface area contributed by atoms with Crippen LogP contribution in [0, 0.1) is 0 Å². The minimum atomic E-state index is -0.343. The first-order valence-corrected chi connectivity index (χ1v) is 11.2. The van der Waals surface area contributed by atoms with Crippen molar-refractivity contribution in [1.82, 2.24) is 14.8 Å². The number of aromatic nitrogens is 3. The van der Waals surface area contributed by atoms with E-state index >= 15 is 0 Å². The van der Waals surface area contributed by atoms with Crippen molar-refractivity contribution >= 4 is 58.2 Å². The average Bonchev–Trinajstić information content (AvgIpc) is 3.13. The molecule has 1 N–H and O–H groups in total. The molecule has 1 unspecified atom stereocenters. The second-order valence-electron chi connectivity index (χ2n) is 6.24. The summed E-state index contributed by atoms with van der Waals surface area (Å²) in [6.45, 7) is 4.50. The second-order valence-corrected chi connectivity index (χ2v) is 8.40. The molecule has 1 heterocycles. The minimum absolute atomic E-state index is 0.143. The van der Waals surface area contributed by atoms with E-state index in [2.05, 4.69) is 15.5 Å². The standard InChI is InChI=1S/C20H19Cl3N4O2S/c1-3-27-19(12(2)29-14-7-4-6-13(21)10-14)25-26-20(27)30-11-17(28)24-16-9-5-8-15(22)18(16)23/h4-10,12H,3,11H2,1-2H3,(H,24,28). The van der Waals surface area contributed by atoms with E-state index < -0.39 is 0 Å². The van der Waals surface area contributed by atoms with Gasteiger partial charge in [0.25, 0.3) is 0 Å². The van der Waals surface area contributed by atoms with Crippen LogP contribution in [-0.4, -0.2) is 26.4 Å². The zero-order chi connectivity index (χ0) is 21.7. The van der Waals surface area contributed by atoms with E-state index in [1.165, 1.54) is 11.8 Å². The summed E-state index contributed by atoms with van der Waals surface area (Å²) >= 11 is 19.4. The van der Waals surface area contributed by atoms with Crippen molar-refractivity contribution in [1.29, 1.82) is 0 Å². The second kappa shape index (κ2) is 10.4. The summed E-state index contributed by atoms with van der Waals surface area (Å²) in [5.41, 5.74) is 0.468. The van der Waals surface area contributed by atoms with E-state index in [4.69, 9.17) is 39.5 Å². The first-order chi connectivity index (χ1) is 14.4. The zero-order valence-electron chi connectivity index (χ0n) is 16.2. The Labute approximate surface area is 193 Å². The van der Waals surface area contributed by atoms with Gasteiger partial charge in [0, 0.05) is 11.6 Å². The van der Waals surface area contributed by atoms with Crippen molar-refractivity contribution in [2.75, 3.05) is 11.1 Å². The van der Waals surface area contributed by atoms with Gasteiger partial charge >= 0.3 is 0 Å². The van der Waals surface area contributed by atoms with E-state index in [0.717, 1.165) is 0 Å². The molecule has 0 radical (unpaired) electrons. The minimum Gasteiger partial charge on any atom is -0.483 e. The summed E-state index contributed by atoms with van der Waals surface area (Å²) in [6.07, 6.45) is -0.343. The van der Waals surface area contributed by atoms with Crippen LogP contribution < -0.4 is 10.1 Å². The molecule has 1 amide bonds. The smallest absolute Gasteiger partial charge is 0.234 e. The summed E-state index contributed by atoms with van der Waals surface area (Å²) in [5, 5.41) is 13.1. The van der Waals surface area contributed by atoms with Crippen molar-refractivity contribution in [3.63, 3.8) is 0 Å². The summed E-state index contributed by atoms with van der Waals surface area (Å²) in [6, 6.07) is 12.2. The van der Waals surface area contributed by atoms with Gasteiger partial charge < -0.3 is 14.6 Å². The number of hydrogen-bond donors (Lipinski definition) is 1. The molecule has 0 saturated heterocycles. The summed E-state index contributed by atoms with van der Waals surface area (Å²) in [4.78, 5) is 12.3. The van der Waals surface area contributed by atoms with E-state index in [0.29, 0.717) is 44.0 Å². The predicted octanol–water partition coefficient (Wildman–Crippen LogP) is 6.13. The third-order valence-electron chi connectivity index (χ3n) is 4.09. The molecule has 3 rings (SSSR count). The molecule has 3 aromatic rings. The van der Waals surface area contributed by atoms with Crippen molar-refractivity contribution in [3.8, 4) is 5.75 Å². The predicted molar refractivity (Wildman–Crippen MR) is 122 cm³/mol. The molecule has 0 aliphatic rings. The van der Waals surface area contributed by atoms with Crippen LogP contribution in [0.1, 0.15) is 25.8 Å². The fourth-order valence-electron chi connectivity index (χ4n) is 2.72. The van der Waals surface area contributed by atoms with Crippen LogP contribution in [0.2, 0.25) is 15.1 Å². The highest BCUT2D eigenvalue weighted by Crippen LogP contribution is 2.30. The number of nitrogens with zero attached hydrogens (tertiary/aromatic N) is 3. The van der Waals surface area contributed by atoms with Crippen LogP contribution >= 0.6 is 46.6 Å². The van der Waals surface area contributed by atoms with Gasteiger partial charge in [-0.05, 0) is 44.2 Å². The Morgan fingerprint density at radius 3 is 2.70 bits per heavy atom. The maximum atomic E-state index is 12.3. The molecular weight excluding hydrogens is 467 g/mol. The quantitative estimate of drug-likeness (QED) is 0.389. The lowest BCUT2D eigenvalue weighted by atomic mass is 10.3. The van der Waals surface area contributed by atoms with Gasteiger partial charge in [-0.25, -0.2) is 0 Å². The zero-order valence-corrected chi connectivity index (χ0v) is 19.3. The molecule has 10 heteroatoms. The molecule has 6 nitrogen and oxygen atoms in total. The van der Waals surface area contributed by atoms with Crippen LogP contribution in [0.4, 0.5) is 5.69 Å². The van der Waals surface area contributed by atoms with Gasteiger partial charge in [0.05, 0.1) is 21.5 Å². The number of halogens is 3. The van der Waals surface area contributed by atoms with Crippen LogP contribution in [0.25, 0.3) is 0 Å². The third kappa shape index (κ3) is 5.60. The molecule has 1 atom stereocenters. The number of carbonyl (C=O) groups is 1. The Morgan fingerprint density at radius 1 is 1.20 bits per heavy atom. The van der Waals surface area contributed by atoms with Crippen LogP contribution in [0.15, 0.2) is 47.6 Å². The summed E-state index contributed by atoms with van der Waals surface area (Å²) < 4.78 is 7.86. The van der Waals surface area contributed by atoms with E-state index in [1.54, 1.807) is 30.3 Å². The summed E-state index contributed by atoms with van der Waals surface area (Å²) in [5.74, 6) is 1.23. The van der Waals surface area contributed by atoms with E-state index in [9.17, 15) is 4.79 Å². The number of carbonyl (C=O) groups excluding carboxylic acids is 1. The summed E-state index contributed by atoms with van der Waals surface area (Å²) in [7, 11) is 0. The number of thioether (sulfide) groups is 1. The number of anilines is 1. The van der Waals surface area contributed by atoms with Gasteiger partial charge in [-0.1, -0.05) is 58.7 Å². The van der Waals surface area contributed by atoms with Crippen molar-refractivity contribution in [2.24, 2.45) is 0 Å². The third-order valence-corrected chi connectivity index (χ3v) is 6.11. The van der Waals surface area contributed by atoms with E-state index in [1.807, 2.05) is 30.5 Å². The Hall–Kier alpha value is -1.93. The highest BCUT2D eigenvalue weighted by Gasteiger charge is 2.20. The molecule has 1 aromatic heterocycles. The largest absolute Gasteiger partial charge is 0.483 e. The van der Waals surface area contributed by atoms with Crippen LogP contribution in [-0.2, 0) is 11.3 Å². The number of ether oxygens (including phenoxy) is 1. The molecule has 0 aliphatic carbocycles. The molecular formula is C20H19Cl3N4O2S. The number of nitrogens with one attached hydrogen (secondary N) is 1. The van der Waals surface area contributed by atoms with Gasteiger partial charge in [-0.15, -0.1) is 10.2 Å². The number of hydrogen-bond acceptors (Lipinski definition) is 5. The molecule has 0 spiro atoms. The number of rotatable bonds is 8.